The Morgan fingerprint density at radius 3 is 1.59 bits per heavy atom. The lowest BCUT2D eigenvalue weighted by Crippen LogP contribution is -1.96. The second kappa shape index (κ2) is 11.1. The van der Waals surface area contributed by atoms with Crippen LogP contribution in [0.15, 0.2) is 170 Å². The van der Waals surface area contributed by atoms with E-state index in [9.17, 15) is 0 Å². The van der Waals surface area contributed by atoms with E-state index in [0.717, 1.165) is 33.9 Å². The van der Waals surface area contributed by atoms with Crippen LogP contribution in [0.5, 0.6) is 0 Å². The zero-order chi connectivity index (χ0) is 32.3. The van der Waals surface area contributed by atoms with Gasteiger partial charge in [-0.3, -0.25) is 9.97 Å². The maximum Gasteiger partial charge on any atom is 0.0967 e. The summed E-state index contributed by atoms with van der Waals surface area (Å²) < 4.78 is 0. The molecule has 0 aliphatic rings. The first-order valence-electron chi connectivity index (χ1n) is 16.9. The lowest BCUT2D eigenvalue weighted by atomic mass is 9.83. The molecule has 0 saturated carbocycles. The molecule has 0 amide bonds. The van der Waals surface area contributed by atoms with Crippen LogP contribution in [-0.4, -0.2) is 9.97 Å². The van der Waals surface area contributed by atoms with E-state index in [-0.39, 0.29) is 0 Å². The van der Waals surface area contributed by atoms with Crippen LogP contribution in [-0.2, 0) is 6.42 Å². The minimum Gasteiger partial charge on any atom is -0.254 e. The first-order valence-corrected chi connectivity index (χ1v) is 16.9. The average Bonchev–Trinajstić information content (AvgIpc) is 3.16. The monoisotopic (exact) mass is 622 g/mol. The third-order valence-electron chi connectivity index (χ3n) is 10.1. The van der Waals surface area contributed by atoms with E-state index in [1.165, 1.54) is 70.9 Å². The number of hydrogen-bond acceptors (Lipinski definition) is 2. The van der Waals surface area contributed by atoms with Crippen molar-refractivity contribution in [2.45, 2.75) is 6.42 Å². The zero-order valence-electron chi connectivity index (χ0n) is 26.8. The van der Waals surface area contributed by atoms with E-state index in [1.807, 2.05) is 12.3 Å². The molecule has 0 aliphatic heterocycles. The van der Waals surface area contributed by atoms with Gasteiger partial charge in [-0.2, -0.15) is 0 Å². The molecule has 2 heteroatoms. The lowest BCUT2D eigenvalue weighted by molar-refractivity contribution is 1.10. The summed E-state index contributed by atoms with van der Waals surface area (Å²) >= 11 is 0. The Balaban J connectivity index is 1.27. The number of rotatable bonds is 4. The molecule has 0 bridgehead atoms. The highest BCUT2D eigenvalue weighted by Gasteiger charge is 2.20. The summed E-state index contributed by atoms with van der Waals surface area (Å²) in [4.78, 5) is 9.88. The molecule has 0 N–H and O–H groups in total. The number of hydrogen-bond donors (Lipinski definition) is 0. The molecule has 0 saturated heterocycles. The highest BCUT2D eigenvalue weighted by molar-refractivity contribution is 6.25. The molecule has 10 aromatic rings. The first-order chi connectivity index (χ1) is 24.3. The molecule has 2 aromatic heterocycles. The Kier molecular flexibility index (Phi) is 6.28. The molecule has 0 radical (unpaired) electrons. The number of nitrogens with zero attached hydrogens (tertiary/aromatic N) is 2. The predicted molar refractivity (Wildman–Crippen MR) is 207 cm³/mol. The van der Waals surface area contributed by atoms with Gasteiger partial charge in [-0.15, -0.1) is 0 Å². The molecule has 49 heavy (non-hydrogen) atoms. The van der Waals surface area contributed by atoms with Gasteiger partial charge >= 0.3 is 0 Å². The van der Waals surface area contributed by atoms with Gasteiger partial charge in [0.15, 0.2) is 0 Å². The molecule has 0 fully saturated rings. The molecule has 10 rings (SSSR count). The van der Waals surface area contributed by atoms with Gasteiger partial charge in [0.05, 0.1) is 11.0 Å². The van der Waals surface area contributed by atoms with Gasteiger partial charge < -0.3 is 0 Å². The largest absolute Gasteiger partial charge is 0.254 e. The van der Waals surface area contributed by atoms with E-state index in [4.69, 9.17) is 9.97 Å². The highest BCUT2D eigenvalue weighted by atomic mass is 14.7. The van der Waals surface area contributed by atoms with Crippen LogP contribution >= 0.6 is 0 Å². The van der Waals surface area contributed by atoms with Crippen LogP contribution in [0.3, 0.4) is 0 Å². The molecule has 2 heterocycles. The van der Waals surface area contributed by atoms with Crippen molar-refractivity contribution in [2.75, 3.05) is 0 Å². The van der Waals surface area contributed by atoms with Crippen molar-refractivity contribution in [3.05, 3.63) is 181 Å². The molecular formula is C47H30N2. The van der Waals surface area contributed by atoms with E-state index in [2.05, 4.69) is 158 Å². The molecule has 8 aromatic carbocycles. The molecule has 0 aliphatic carbocycles. The molecule has 2 nitrogen and oxygen atoms in total. The Morgan fingerprint density at radius 1 is 0.367 bits per heavy atom. The maximum atomic E-state index is 5.19. The van der Waals surface area contributed by atoms with Gasteiger partial charge in [-0.1, -0.05) is 152 Å². The van der Waals surface area contributed by atoms with Crippen LogP contribution in [0, 0.1) is 0 Å². The van der Waals surface area contributed by atoms with E-state index < -0.39 is 0 Å². The smallest absolute Gasteiger partial charge is 0.0967 e. The van der Waals surface area contributed by atoms with Crippen LogP contribution in [0.4, 0.5) is 0 Å². The van der Waals surface area contributed by atoms with Gasteiger partial charge in [-0.05, 0) is 83.0 Å². The Bertz CT molecular complexity index is 2910. The Hall–Kier alpha value is -6.38. The second-order valence-corrected chi connectivity index (χ2v) is 12.9. The summed E-state index contributed by atoms with van der Waals surface area (Å²) in [5, 5.41) is 12.3. The van der Waals surface area contributed by atoms with Gasteiger partial charge in [0, 0.05) is 29.1 Å². The van der Waals surface area contributed by atoms with Crippen molar-refractivity contribution in [1.29, 1.82) is 0 Å². The van der Waals surface area contributed by atoms with Gasteiger partial charge in [0.1, 0.15) is 0 Å². The van der Waals surface area contributed by atoms with E-state index in [1.54, 1.807) is 0 Å². The van der Waals surface area contributed by atoms with Gasteiger partial charge in [0.2, 0.25) is 0 Å². The average molecular weight is 623 g/mol. The van der Waals surface area contributed by atoms with Crippen molar-refractivity contribution in [3.8, 4) is 22.3 Å². The minimum absolute atomic E-state index is 0.723. The summed E-state index contributed by atoms with van der Waals surface area (Å²) in [5.74, 6) is 0. The van der Waals surface area contributed by atoms with Crippen molar-refractivity contribution in [2.24, 2.45) is 0 Å². The van der Waals surface area contributed by atoms with E-state index >= 15 is 0 Å². The zero-order valence-corrected chi connectivity index (χ0v) is 26.8. The van der Waals surface area contributed by atoms with Crippen molar-refractivity contribution >= 4 is 64.9 Å². The van der Waals surface area contributed by atoms with Gasteiger partial charge in [-0.25, -0.2) is 0 Å². The van der Waals surface area contributed by atoms with Crippen molar-refractivity contribution in [1.82, 2.24) is 9.97 Å². The summed E-state index contributed by atoms with van der Waals surface area (Å²) in [6, 6.07) is 59.6. The predicted octanol–water partition coefficient (Wildman–Crippen LogP) is 12.3. The fourth-order valence-corrected chi connectivity index (χ4v) is 7.87. The second-order valence-electron chi connectivity index (χ2n) is 12.9. The van der Waals surface area contributed by atoms with Crippen LogP contribution in [0.1, 0.15) is 11.3 Å². The van der Waals surface area contributed by atoms with Gasteiger partial charge in [0.25, 0.3) is 0 Å². The third kappa shape index (κ3) is 4.49. The van der Waals surface area contributed by atoms with Crippen LogP contribution < -0.4 is 0 Å². The summed E-state index contributed by atoms with van der Waals surface area (Å²) in [6.07, 6.45) is 2.58. The third-order valence-corrected chi connectivity index (χ3v) is 10.1. The quantitative estimate of drug-likeness (QED) is 0.144. The summed E-state index contributed by atoms with van der Waals surface area (Å²) in [7, 11) is 0. The normalized spacial score (nSPS) is 11.8. The fourth-order valence-electron chi connectivity index (χ4n) is 7.87. The maximum absolute atomic E-state index is 5.19. The Morgan fingerprint density at radius 2 is 0.898 bits per heavy atom. The number of fused-ring (bicyclic) bond motifs is 7. The molecule has 0 spiro atoms. The van der Waals surface area contributed by atoms with E-state index in [0.29, 0.717) is 0 Å². The number of benzene rings is 8. The minimum atomic E-state index is 0.723. The fraction of sp³-hybridized carbons (Fsp3) is 0.0213. The van der Waals surface area contributed by atoms with Crippen molar-refractivity contribution in [3.63, 3.8) is 0 Å². The Labute approximate surface area is 283 Å². The van der Waals surface area contributed by atoms with Crippen molar-refractivity contribution < 1.29 is 0 Å². The SMILES string of the molecule is c1ccc2c(-c3c4ccccc4c(-c4cccc5ccccc45)c4cc(Cc5ccc6ccc7cccnc7c6n5)ccc34)cccc2c1. The van der Waals surface area contributed by atoms with Crippen LogP contribution in [0.2, 0.25) is 0 Å². The summed E-state index contributed by atoms with van der Waals surface area (Å²) in [5.41, 5.74) is 9.23. The molecule has 228 valence electrons. The first kappa shape index (κ1) is 27.7. The van der Waals surface area contributed by atoms with Crippen LogP contribution in [0.25, 0.3) is 87.1 Å². The topological polar surface area (TPSA) is 25.8 Å². The molecule has 0 unspecified atom stereocenters. The lowest BCUT2D eigenvalue weighted by Gasteiger charge is -2.20. The standard InChI is InChI=1S/C47H30N2/c1-3-15-36-31(10-1)12-7-19-38(36)44-40-17-5-6-18-41(40)45(39-20-8-13-32-11-2-4-16-37(32)39)43-29-30(21-26-42(43)44)28-35-25-24-34-23-22-33-14-9-27-48-46(33)47(34)49-35/h1-27,29H,28H2. The summed E-state index contributed by atoms with van der Waals surface area (Å²) in [6.45, 7) is 0. The number of pyridine rings is 2. The molecular weight excluding hydrogens is 593 g/mol. The highest BCUT2D eigenvalue weighted by Crippen LogP contribution is 2.47. The number of aromatic nitrogens is 2. The molecule has 0 atom stereocenters.